The number of sulfonamides is 1. The van der Waals surface area contributed by atoms with Gasteiger partial charge in [0.15, 0.2) is 0 Å². The average Bonchev–Trinajstić information content (AvgIpc) is 3.19. The normalized spacial score (nSPS) is 18.4. The predicted molar refractivity (Wildman–Crippen MR) is 117 cm³/mol. The first-order valence-corrected chi connectivity index (χ1v) is 12.3. The number of anilines is 1. The largest absolute Gasteiger partial charge is 0.444 e. The molecule has 0 radical (unpaired) electrons. The van der Waals surface area contributed by atoms with Gasteiger partial charge in [0.2, 0.25) is 10.0 Å². The van der Waals surface area contributed by atoms with Crippen molar-refractivity contribution in [2.75, 3.05) is 18.0 Å². The van der Waals surface area contributed by atoms with Crippen molar-refractivity contribution in [1.29, 1.82) is 0 Å². The number of aryl methyl sites for hydroxylation is 1. The fourth-order valence-electron chi connectivity index (χ4n) is 4.35. The number of benzene rings is 2. The summed E-state index contributed by atoms with van der Waals surface area (Å²) in [5.74, 6) is 0. The monoisotopic (exact) mass is 442 g/mol. The van der Waals surface area contributed by atoms with Crippen molar-refractivity contribution >= 4 is 43.2 Å². The molecule has 6 nitrogen and oxygen atoms in total. The Hall–Kier alpha value is -2.42. The number of piperidine rings is 1. The van der Waals surface area contributed by atoms with Gasteiger partial charge in [0.1, 0.15) is 11.5 Å². The lowest BCUT2D eigenvalue weighted by molar-refractivity contribution is 0.135. The summed E-state index contributed by atoms with van der Waals surface area (Å²) < 4.78 is 34.4. The summed E-state index contributed by atoms with van der Waals surface area (Å²) in [5.41, 5.74) is 2.99. The van der Waals surface area contributed by atoms with Crippen LogP contribution in [0.4, 0.5) is 10.5 Å². The van der Waals surface area contributed by atoms with Crippen molar-refractivity contribution in [2.24, 2.45) is 0 Å². The molecular formula is C22H22N2O4S2. The number of carbonyl (C=O) groups is 1. The molecule has 1 aromatic heterocycles. The van der Waals surface area contributed by atoms with Gasteiger partial charge >= 0.3 is 6.09 Å². The second-order valence-electron chi connectivity index (χ2n) is 7.79. The number of thiophene rings is 1. The highest BCUT2D eigenvalue weighted by Crippen LogP contribution is 2.35. The molecule has 0 spiro atoms. The number of cyclic esters (lactones) is 1. The van der Waals surface area contributed by atoms with E-state index in [1.54, 1.807) is 14.6 Å². The highest BCUT2D eigenvalue weighted by molar-refractivity contribution is 7.89. The van der Waals surface area contributed by atoms with E-state index in [0.717, 1.165) is 26.9 Å². The van der Waals surface area contributed by atoms with Crippen LogP contribution in [0.3, 0.4) is 0 Å². The lowest BCUT2D eigenvalue weighted by Crippen LogP contribution is -2.50. The molecule has 2 aliphatic rings. The van der Waals surface area contributed by atoms with Gasteiger partial charge in [-0.2, -0.15) is 4.31 Å². The van der Waals surface area contributed by atoms with Crippen molar-refractivity contribution in [3.05, 3.63) is 59.0 Å². The summed E-state index contributed by atoms with van der Waals surface area (Å²) in [4.78, 5) is 14.6. The quantitative estimate of drug-likeness (QED) is 0.598. The van der Waals surface area contributed by atoms with Crippen LogP contribution in [0.5, 0.6) is 0 Å². The summed E-state index contributed by atoms with van der Waals surface area (Å²) in [6, 6.07) is 13.5. The number of hydrogen-bond donors (Lipinski definition) is 0. The number of ether oxygens (including phenoxy) is 1. The highest BCUT2D eigenvalue weighted by atomic mass is 32.2. The molecule has 0 unspecified atom stereocenters. The SMILES string of the molecule is Cc1ccc2c(c1)COC(=O)N2C1CCN(S(=O)(=O)c2csc3ccccc23)CC1. The smallest absolute Gasteiger partial charge is 0.414 e. The third-order valence-electron chi connectivity index (χ3n) is 5.89. The topological polar surface area (TPSA) is 66.9 Å². The zero-order chi connectivity index (χ0) is 20.9. The maximum Gasteiger partial charge on any atom is 0.414 e. The molecule has 0 bridgehead atoms. The van der Waals surface area contributed by atoms with Crippen LogP contribution in [0.1, 0.15) is 24.0 Å². The van der Waals surface area contributed by atoms with Gasteiger partial charge in [-0.05, 0) is 31.9 Å². The number of carbonyl (C=O) groups excluding carboxylic acids is 1. The third-order valence-corrected chi connectivity index (χ3v) is 8.95. The molecule has 0 N–H and O–H groups in total. The van der Waals surface area contributed by atoms with Crippen LogP contribution < -0.4 is 4.90 Å². The van der Waals surface area contributed by atoms with E-state index in [4.69, 9.17) is 4.74 Å². The highest BCUT2D eigenvalue weighted by Gasteiger charge is 2.37. The van der Waals surface area contributed by atoms with Crippen LogP contribution in [-0.4, -0.2) is 37.9 Å². The summed E-state index contributed by atoms with van der Waals surface area (Å²) in [6.07, 6.45) is 0.796. The molecule has 3 heterocycles. The van der Waals surface area contributed by atoms with Gasteiger partial charge in [-0.25, -0.2) is 13.2 Å². The van der Waals surface area contributed by atoms with Crippen LogP contribution in [0.25, 0.3) is 10.1 Å². The Kier molecular flexibility index (Phi) is 4.80. The molecule has 5 rings (SSSR count). The van der Waals surface area contributed by atoms with Crippen molar-refractivity contribution in [2.45, 2.75) is 37.3 Å². The maximum atomic E-state index is 13.3. The molecule has 8 heteroatoms. The van der Waals surface area contributed by atoms with Crippen LogP contribution in [-0.2, 0) is 21.4 Å². The molecule has 1 saturated heterocycles. The average molecular weight is 443 g/mol. The predicted octanol–water partition coefficient (Wildman–Crippen LogP) is 4.52. The summed E-state index contributed by atoms with van der Waals surface area (Å²) in [6.45, 7) is 3.05. The Morgan fingerprint density at radius 3 is 2.67 bits per heavy atom. The zero-order valence-electron chi connectivity index (χ0n) is 16.6. The molecule has 0 atom stereocenters. The lowest BCUT2D eigenvalue weighted by atomic mass is 10.0. The first-order valence-electron chi connectivity index (χ1n) is 9.97. The van der Waals surface area contributed by atoms with E-state index < -0.39 is 10.0 Å². The number of amides is 1. The van der Waals surface area contributed by atoms with Gasteiger partial charge in [0.25, 0.3) is 0 Å². The van der Waals surface area contributed by atoms with Crippen LogP contribution in [0.15, 0.2) is 52.7 Å². The maximum absolute atomic E-state index is 13.3. The Morgan fingerprint density at radius 1 is 1.10 bits per heavy atom. The van der Waals surface area contributed by atoms with Crippen molar-refractivity contribution < 1.29 is 17.9 Å². The molecule has 1 fully saturated rings. The first kappa shape index (κ1) is 19.5. The van der Waals surface area contributed by atoms with Gasteiger partial charge in [0.05, 0.1) is 5.69 Å². The van der Waals surface area contributed by atoms with E-state index in [2.05, 4.69) is 0 Å². The van der Waals surface area contributed by atoms with Gasteiger partial charge in [-0.1, -0.05) is 35.9 Å². The third kappa shape index (κ3) is 3.19. The van der Waals surface area contributed by atoms with Crippen molar-refractivity contribution in [1.82, 2.24) is 4.31 Å². The van der Waals surface area contributed by atoms with E-state index in [1.165, 1.54) is 11.3 Å². The second-order valence-corrected chi connectivity index (χ2v) is 10.6. The molecule has 1 amide bonds. The minimum atomic E-state index is -3.57. The Labute approximate surface area is 179 Å². The lowest BCUT2D eigenvalue weighted by Gasteiger charge is -2.39. The minimum Gasteiger partial charge on any atom is -0.444 e. The number of nitrogens with zero attached hydrogens (tertiary/aromatic N) is 2. The Balaban J connectivity index is 1.37. The number of hydrogen-bond acceptors (Lipinski definition) is 5. The molecule has 0 saturated carbocycles. The van der Waals surface area contributed by atoms with E-state index >= 15 is 0 Å². The molecule has 2 aromatic carbocycles. The second kappa shape index (κ2) is 7.37. The summed E-state index contributed by atoms with van der Waals surface area (Å²) in [5, 5.41) is 2.50. The van der Waals surface area contributed by atoms with Gasteiger partial charge < -0.3 is 4.74 Å². The van der Waals surface area contributed by atoms with E-state index in [0.29, 0.717) is 30.8 Å². The summed E-state index contributed by atoms with van der Waals surface area (Å²) in [7, 11) is -3.57. The van der Waals surface area contributed by atoms with Gasteiger partial charge in [0, 0.05) is 40.2 Å². The van der Waals surface area contributed by atoms with Crippen LogP contribution in [0, 0.1) is 6.92 Å². The minimum absolute atomic E-state index is 0.0788. The van der Waals surface area contributed by atoms with Crippen molar-refractivity contribution in [3.63, 3.8) is 0 Å². The van der Waals surface area contributed by atoms with E-state index in [-0.39, 0.29) is 18.7 Å². The van der Waals surface area contributed by atoms with Crippen LogP contribution in [0.2, 0.25) is 0 Å². The zero-order valence-corrected chi connectivity index (χ0v) is 18.2. The molecule has 30 heavy (non-hydrogen) atoms. The van der Waals surface area contributed by atoms with Gasteiger partial charge in [-0.3, -0.25) is 4.90 Å². The Bertz CT molecular complexity index is 1230. The summed E-state index contributed by atoms with van der Waals surface area (Å²) >= 11 is 1.45. The Morgan fingerprint density at radius 2 is 1.87 bits per heavy atom. The molecule has 2 aliphatic heterocycles. The molecule has 3 aromatic rings. The van der Waals surface area contributed by atoms with E-state index in [1.807, 2.05) is 49.4 Å². The van der Waals surface area contributed by atoms with Gasteiger partial charge in [-0.15, -0.1) is 11.3 Å². The first-order chi connectivity index (χ1) is 14.4. The standard InChI is InChI=1S/C22H22N2O4S2/c1-15-6-7-19-16(12-15)13-28-22(25)24(19)17-8-10-23(11-9-17)30(26,27)21-14-29-20-5-3-2-4-18(20)21/h2-7,12,14,17H,8-11,13H2,1H3. The molecule has 156 valence electrons. The number of rotatable bonds is 3. The van der Waals surface area contributed by atoms with Crippen LogP contribution >= 0.6 is 11.3 Å². The van der Waals surface area contributed by atoms with E-state index in [9.17, 15) is 13.2 Å². The fourth-order valence-corrected chi connectivity index (χ4v) is 7.30. The number of fused-ring (bicyclic) bond motifs is 2. The molecule has 0 aliphatic carbocycles. The fraction of sp³-hybridized carbons (Fsp3) is 0.318. The van der Waals surface area contributed by atoms with Crippen molar-refractivity contribution in [3.8, 4) is 0 Å². The molecular weight excluding hydrogens is 420 g/mol.